The maximum Gasteiger partial charge on any atom is 0.197 e. The Kier molecular flexibility index (Phi) is 7.09. The summed E-state index contributed by atoms with van der Waals surface area (Å²) in [6, 6.07) is 0. The predicted molar refractivity (Wildman–Crippen MR) is 78.1 cm³/mol. The fraction of sp³-hybridized carbons (Fsp3) is 1.00. The van der Waals surface area contributed by atoms with E-state index in [-0.39, 0.29) is 13.2 Å². The van der Waals surface area contributed by atoms with Gasteiger partial charge in [-0.1, -0.05) is 0 Å². The van der Waals surface area contributed by atoms with Crippen LogP contribution in [0.1, 0.15) is 0 Å². The van der Waals surface area contributed by atoms with Crippen LogP contribution in [0.5, 0.6) is 0 Å². The fourth-order valence-electron chi connectivity index (χ4n) is 3.10. The standard InChI is InChI=1S/C14H26O11/c15-1-7-11(19)13(21)12(20)9(24-7)4-23-3-6-10(18)8(2-16)25-14(6,22)5-17/h6-13,15-22H,1-5H2/t6?,7?,8-,9-,10-,11-,12?,13-,14-/m1/s1. The van der Waals surface area contributed by atoms with Gasteiger partial charge < -0.3 is 55.1 Å². The van der Waals surface area contributed by atoms with Crippen molar-refractivity contribution in [3.8, 4) is 0 Å². The molecule has 25 heavy (non-hydrogen) atoms. The topological polar surface area (TPSA) is 190 Å². The van der Waals surface area contributed by atoms with Crippen LogP contribution < -0.4 is 0 Å². The van der Waals surface area contributed by atoms with Gasteiger partial charge in [0, 0.05) is 0 Å². The van der Waals surface area contributed by atoms with Gasteiger partial charge in [-0.2, -0.15) is 0 Å². The summed E-state index contributed by atoms with van der Waals surface area (Å²) in [6.07, 6.45) is -9.00. The third-order valence-corrected chi connectivity index (χ3v) is 4.71. The maximum absolute atomic E-state index is 10.2. The highest BCUT2D eigenvalue weighted by molar-refractivity contribution is 4.95. The van der Waals surface area contributed by atoms with E-state index in [0.29, 0.717) is 0 Å². The van der Waals surface area contributed by atoms with Gasteiger partial charge >= 0.3 is 0 Å². The summed E-state index contributed by atoms with van der Waals surface area (Å²) in [5.74, 6) is -3.16. The molecular formula is C14H26O11. The van der Waals surface area contributed by atoms with Crippen molar-refractivity contribution >= 4 is 0 Å². The number of aliphatic hydroxyl groups excluding tert-OH is 7. The molecule has 148 valence electrons. The van der Waals surface area contributed by atoms with Gasteiger partial charge in [-0.3, -0.25) is 0 Å². The molecule has 2 fully saturated rings. The highest BCUT2D eigenvalue weighted by Gasteiger charge is 2.53. The van der Waals surface area contributed by atoms with E-state index in [1.165, 1.54) is 0 Å². The average molecular weight is 370 g/mol. The number of rotatable bonds is 7. The van der Waals surface area contributed by atoms with Crippen molar-refractivity contribution in [1.29, 1.82) is 0 Å². The Morgan fingerprint density at radius 2 is 1.36 bits per heavy atom. The highest BCUT2D eigenvalue weighted by Crippen LogP contribution is 2.34. The van der Waals surface area contributed by atoms with Crippen LogP contribution in [-0.4, -0.2) is 122 Å². The third kappa shape index (κ3) is 4.12. The molecule has 0 saturated carbocycles. The van der Waals surface area contributed by atoms with Crippen LogP contribution in [0, 0.1) is 5.92 Å². The maximum atomic E-state index is 10.2. The van der Waals surface area contributed by atoms with Crippen molar-refractivity contribution in [2.75, 3.05) is 33.0 Å². The lowest BCUT2D eigenvalue weighted by atomic mass is 9.94. The monoisotopic (exact) mass is 370 g/mol. The minimum absolute atomic E-state index is 0.282. The summed E-state index contributed by atoms with van der Waals surface area (Å²) in [5.41, 5.74) is 0. The SMILES string of the molecule is OCC1O[C@H](COCC2[C@@H](O)[C@@H](CO)O[C@]2(O)CO)C(O)[C@H](O)[C@@H]1O. The van der Waals surface area contributed by atoms with Crippen molar-refractivity contribution in [2.45, 2.75) is 48.5 Å². The Labute approximate surface area is 143 Å². The number of aliphatic hydroxyl groups is 8. The van der Waals surface area contributed by atoms with E-state index >= 15 is 0 Å². The van der Waals surface area contributed by atoms with Crippen LogP contribution in [0.25, 0.3) is 0 Å². The molecule has 0 aromatic heterocycles. The summed E-state index contributed by atoms with van der Waals surface area (Å²) >= 11 is 0. The Morgan fingerprint density at radius 1 is 0.760 bits per heavy atom. The first kappa shape index (κ1) is 20.9. The molecule has 0 aliphatic carbocycles. The van der Waals surface area contributed by atoms with Crippen molar-refractivity contribution in [3.63, 3.8) is 0 Å². The summed E-state index contributed by atoms with van der Waals surface area (Å²) < 4.78 is 15.6. The van der Waals surface area contributed by atoms with Crippen LogP contribution in [0.2, 0.25) is 0 Å². The molecule has 8 N–H and O–H groups in total. The molecule has 2 aliphatic rings. The molecule has 9 atom stereocenters. The minimum Gasteiger partial charge on any atom is -0.394 e. The van der Waals surface area contributed by atoms with Crippen LogP contribution in [0.4, 0.5) is 0 Å². The van der Waals surface area contributed by atoms with Gasteiger partial charge in [0.25, 0.3) is 0 Å². The van der Waals surface area contributed by atoms with E-state index in [9.17, 15) is 30.6 Å². The second-order valence-electron chi connectivity index (χ2n) is 6.34. The van der Waals surface area contributed by atoms with E-state index in [0.717, 1.165) is 0 Å². The molecule has 0 bridgehead atoms. The van der Waals surface area contributed by atoms with Crippen molar-refractivity contribution < 1.29 is 55.1 Å². The normalized spacial score (nSPS) is 48.0. The lowest BCUT2D eigenvalue weighted by Crippen LogP contribution is -2.59. The van der Waals surface area contributed by atoms with Crippen LogP contribution in [0.15, 0.2) is 0 Å². The molecule has 3 unspecified atom stereocenters. The summed E-state index contributed by atoms with van der Waals surface area (Å²) in [4.78, 5) is 0. The van der Waals surface area contributed by atoms with Gasteiger partial charge in [0.15, 0.2) is 5.79 Å². The molecule has 0 spiro atoms. The van der Waals surface area contributed by atoms with Crippen LogP contribution >= 0.6 is 0 Å². The summed E-state index contributed by atoms with van der Waals surface area (Å²) in [7, 11) is 0. The quantitative estimate of drug-likeness (QED) is 0.214. The zero-order chi connectivity index (χ0) is 18.8. The van der Waals surface area contributed by atoms with E-state index < -0.39 is 74.3 Å². The Bertz CT molecular complexity index is 422. The van der Waals surface area contributed by atoms with Gasteiger partial charge in [0.1, 0.15) is 36.6 Å². The molecule has 2 heterocycles. The lowest BCUT2D eigenvalue weighted by Gasteiger charge is -2.40. The molecule has 2 rings (SSSR count). The van der Waals surface area contributed by atoms with E-state index in [2.05, 4.69) is 0 Å². The van der Waals surface area contributed by atoms with Crippen LogP contribution in [0.3, 0.4) is 0 Å². The molecule has 2 saturated heterocycles. The van der Waals surface area contributed by atoms with Gasteiger partial charge in [-0.25, -0.2) is 0 Å². The molecule has 2 aliphatic heterocycles. The predicted octanol–water partition coefficient (Wildman–Crippen LogP) is -5.11. The molecule has 0 aromatic rings. The van der Waals surface area contributed by atoms with Gasteiger partial charge in [-0.05, 0) is 0 Å². The molecule has 11 heteroatoms. The number of ether oxygens (including phenoxy) is 3. The van der Waals surface area contributed by atoms with E-state index in [1.54, 1.807) is 0 Å². The second-order valence-corrected chi connectivity index (χ2v) is 6.34. The molecule has 0 aromatic carbocycles. The molecule has 11 nitrogen and oxygen atoms in total. The van der Waals surface area contributed by atoms with Crippen LogP contribution in [-0.2, 0) is 14.2 Å². The second kappa shape index (κ2) is 8.50. The zero-order valence-corrected chi connectivity index (χ0v) is 13.5. The first-order valence-corrected chi connectivity index (χ1v) is 7.97. The molecule has 0 radical (unpaired) electrons. The van der Waals surface area contributed by atoms with Crippen molar-refractivity contribution in [2.24, 2.45) is 5.92 Å². The molecular weight excluding hydrogens is 344 g/mol. The minimum atomic E-state index is -2.10. The highest BCUT2D eigenvalue weighted by atomic mass is 16.7. The fourth-order valence-corrected chi connectivity index (χ4v) is 3.10. The van der Waals surface area contributed by atoms with E-state index in [4.69, 9.17) is 24.4 Å². The van der Waals surface area contributed by atoms with Crippen molar-refractivity contribution in [3.05, 3.63) is 0 Å². The first-order chi connectivity index (χ1) is 11.8. The summed E-state index contributed by atoms with van der Waals surface area (Å²) in [5, 5.41) is 77.0. The largest absolute Gasteiger partial charge is 0.394 e. The smallest absolute Gasteiger partial charge is 0.197 e. The van der Waals surface area contributed by atoms with E-state index in [1.807, 2.05) is 0 Å². The Morgan fingerprint density at radius 3 is 1.92 bits per heavy atom. The third-order valence-electron chi connectivity index (χ3n) is 4.71. The zero-order valence-electron chi connectivity index (χ0n) is 13.5. The first-order valence-electron chi connectivity index (χ1n) is 7.97. The van der Waals surface area contributed by atoms with Gasteiger partial charge in [0.2, 0.25) is 0 Å². The average Bonchev–Trinajstić information content (AvgIpc) is 2.86. The molecule has 0 amide bonds. The van der Waals surface area contributed by atoms with Crippen molar-refractivity contribution in [1.82, 2.24) is 0 Å². The summed E-state index contributed by atoms with van der Waals surface area (Å²) in [6.45, 7) is -2.54. The van der Waals surface area contributed by atoms with Gasteiger partial charge in [0.05, 0.1) is 45.1 Å². The Balaban J connectivity index is 1.92. The lowest BCUT2D eigenvalue weighted by molar-refractivity contribution is -0.251. The number of hydrogen-bond acceptors (Lipinski definition) is 11. The Hall–Kier alpha value is -0.440. The van der Waals surface area contributed by atoms with Gasteiger partial charge in [-0.15, -0.1) is 0 Å². The number of hydrogen-bond donors (Lipinski definition) is 8.